The fourth-order valence-corrected chi connectivity index (χ4v) is 3.42. The number of rotatable bonds is 8. The first-order chi connectivity index (χ1) is 13.1. The summed E-state index contributed by atoms with van der Waals surface area (Å²) in [7, 11) is -1.24. The predicted molar refractivity (Wildman–Crippen MR) is 107 cm³/mol. The van der Waals surface area contributed by atoms with Gasteiger partial charge >= 0.3 is 10.2 Å². The van der Waals surface area contributed by atoms with Crippen LogP contribution in [0.5, 0.6) is 5.75 Å². The SMILES string of the molecule is CC(C)Oc1cccc(NC(=O)CN(c2ccc(F)cc2)S(=O)(=O)N(C)C)c1. The van der Waals surface area contributed by atoms with Gasteiger partial charge in [0, 0.05) is 25.8 Å². The van der Waals surface area contributed by atoms with Crippen LogP contribution in [0.2, 0.25) is 0 Å². The molecule has 28 heavy (non-hydrogen) atoms. The molecule has 0 aliphatic rings. The van der Waals surface area contributed by atoms with Crippen molar-refractivity contribution < 1.29 is 22.3 Å². The van der Waals surface area contributed by atoms with Crippen LogP contribution in [0.3, 0.4) is 0 Å². The van der Waals surface area contributed by atoms with Gasteiger partial charge in [-0.15, -0.1) is 0 Å². The van der Waals surface area contributed by atoms with Gasteiger partial charge in [-0.25, -0.2) is 8.70 Å². The Morgan fingerprint density at radius 1 is 1.14 bits per heavy atom. The van der Waals surface area contributed by atoms with Gasteiger partial charge in [-0.2, -0.15) is 12.7 Å². The summed E-state index contributed by atoms with van der Waals surface area (Å²) in [5, 5.41) is 2.66. The van der Waals surface area contributed by atoms with E-state index in [9.17, 15) is 17.6 Å². The second-order valence-corrected chi connectivity index (χ2v) is 8.58. The van der Waals surface area contributed by atoms with Crippen molar-refractivity contribution in [3.05, 3.63) is 54.3 Å². The van der Waals surface area contributed by atoms with Crippen molar-refractivity contribution in [3.63, 3.8) is 0 Å². The molecule has 0 radical (unpaired) electrons. The quantitative estimate of drug-likeness (QED) is 0.727. The zero-order valence-corrected chi connectivity index (χ0v) is 17.0. The average molecular weight is 409 g/mol. The van der Waals surface area contributed by atoms with E-state index in [1.54, 1.807) is 24.3 Å². The second kappa shape index (κ2) is 9.03. The minimum absolute atomic E-state index is 0.0230. The number of halogens is 1. The molecule has 2 rings (SSSR count). The van der Waals surface area contributed by atoms with Crippen molar-refractivity contribution in [2.45, 2.75) is 20.0 Å². The topological polar surface area (TPSA) is 79.0 Å². The lowest BCUT2D eigenvalue weighted by molar-refractivity contribution is -0.114. The number of hydrogen-bond donors (Lipinski definition) is 1. The smallest absolute Gasteiger partial charge is 0.304 e. The standard InChI is InChI=1S/C19H24FN3O4S/c1-14(2)27-18-7-5-6-16(12-18)21-19(24)13-23(28(25,26)22(3)4)17-10-8-15(20)9-11-17/h5-12,14H,13H2,1-4H3,(H,21,24). The van der Waals surface area contributed by atoms with Crippen molar-refractivity contribution in [1.82, 2.24) is 4.31 Å². The summed E-state index contributed by atoms with van der Waals surface area (Å²) in [6.45, 7) is 3.30. The molecule has 0 fully saturated rings. The number of ether oxygens (including phenoxy) is 1. The maximum absolute atomic E-state index is 13.2. The number of amides is 1. The molecule has 0 unspecified atom stereocenters. The first kappa shape index (κ1) is 21.6. The highest BCUT2D eigenvalue weighted by molar-refractivity contribution is 7.90. The van der Waals surface area contributed by atoms with Gasteiger partial charge in [-0.3, -0.25) is 4.79 Å². The fraction of sp³-hybridized carbons (Fsp3) is 0.316. The van der Waals surface area contributed by atoms with Crippen molar-refractivity contribution in [2.24, 2.45) is 0 Å². The maximum atomic E-state index is 13.2. The molecule has 0 aromatic heterocycles. The summed E-state index contributed by atoms with van der Waals surface area (Å²) in [6.07, 6.45) is -0.0230. The summed E-state index contributed by atoms with van der Waals surface area (Å²) < 4.78 is 46.0. The van der Waals surface area contributed by atoms with E-state index in [-0.39, 0.29) is 11.8 Å². The Hall–Kier alpha value is -2.65. The molecule has 0 atom stereocenters. The Balaban J connectivity index is 2.22. The molecule has 0 aliphatic carbocycles. The molecular weight excluding hydrogens is 385 g/mol. The lowest BCUT2D eigenvalue weighted by Crippen LogP contribution is -2.44. The van der Waals surface area contributed by atoms with Gasteiger partial charge in [-0.1, -0.05) is 6.07 Å². The van der Waals surface area contributed by atoms with Gasteiger partial charge in [0.15, 0.2) is 0 Å². The fourth-order valence-electron chi connectivity index (χ4n) is 2.36. The minimum Gasteiger partial charge on any atom is -0.491 e. The largest absolute Gasteiger partial charge is 0.491 e. The van der Waals surface area contributed by atoms with Crippen LogP contribution in [0, 0.1) is 5.82 Å². The second-order valence-electron chi connectivity index (χ2n) is 6.52. The number of hydrogen-bond acceptors (Lipinski definition) is 4. The molecule has 1 amide bonds. The monoisotopic (exact) mass is 409 g/mol. The van der Waals surface area contributed by atoms with Crippen molar-refractivity contribution >= 4 is 27.5 Å². The van der Waals surface area contributed by atoms with Crippen molar-refractivity contribution in [3.8, 4) is 5.75 Å². The first-order valence-electron chi connectivity index (χ1n) is 8.62. The van der Waals surface area contributed by atoms with Crippen LogP contribution >= 0.6 is 0 Å². The summed E-state index contributed by atoms with van der Waals surface area (Å²) in [6, 6.07) is 11.7. The van der Waals surface area contributed by atoms with Crippen LogP contribution in [0.25, 0.3) is 0 Å². The Morgan fingerprint density at radius 3 is 2.36 bits per heavy atom. The summed E-state index contributed by atoms with van der Waals surface area (Å²) in [5.74, 6) is -0.460. The molecule has 1 N–H and O–H groups in total. The van der Waals surface area contributed by atoms with Crippen LogP contribution < -0.4 is 14.4 Å². The molecule has 0 saturated carbocycles. The van der Waals surface area contributed by atoms with E-state index in [1.165, 1.54) is 26.2 Å². The van der Waals surface area contributed by atoms with E-state index in [4.69, 9.17) is 4.74 Å². The molecule has 2 aromatic rings. The lowest BCUT2D eigenvalue weighted by Gasteiger charge is -2.27. The number of anilines is 2. The summed E-state index contributed by atoms with van der Waals surface area (Å²) in [4.78, 5) is 12.5. The lowest BCUT2D eigenvalue weighted by atomic mass is 10.3. The van der Waals surface area contributed by atoms with Gasteiger partial charge in [-0.05, 0) is 50.2 Å². The molecule has 152 valence electrons. The van der Waals surface area contributed by atoms with Gasteiger partial charge < -0.3 is 10.1 Å². The zero-order chi connectivity index (χ0) is 20.9. The molecule has 7 nitrogen and oxygen atoms in total. The molecule has 0 aliphatic heterocycles. The Bertz CT molecular complexity index is 915. The normalized spacial score (nSPS) is 11.5. The van der Waals surface area contributed by atoms with E-state index in [0.717, 1.165) is 20.7 Å². The van der Waals surface area contributed by atoms with E-state index in [0.29, 0.717) is 11.4 Å². The third-order valence-corrected chi connectivity index (χ3v) is 5.45. The molecule has 9 heteroatoms. The van der Waals surface area contributed by atoms with Gasteiger partial charge in [0.05, 0.1) is 11.8 Å². The Kier molecular flexibility index (Phi) is 6.98. The molecule has 0 heterocycles. The van der Waals surface area contributed by atoms with Crippen LogP contribution in [-0.4, -0.2) is 45.4 Å². The van der Waals surface area contributed by atoms with Crippen LogP contribution in [0.1, 0.15) is 13.8 Å². The average Bonchev–Trinajstić information content (AvgIpc) is 2.60. The highest BCUT2D eigenvalue weighted by Gasteiger charge is 2.27. The van der Waals surface area contributed by atoms with Crippen molar-refractivity contribution in [2.75, 3.05) is 30.3 Å². The first-order valence-corrected chi connectivity index (χ1v) is 10.0. The molecule has 0 saturated heterocycles. The number of carbonyl (C=O) groups excluding carboxylic acids is 1. The van der Waals surface area contributed by atoms with E-state index in [1.807, 2.05) is 13.8 Å². The molecule has 0 spiro atoms. The summed E-state index contributed by atoms with van der Waals surface area (Å²) in [5.41, 5.74) is 0.659. The van der Waals surface area contributed by atoms with E-state index in [2.05, 4.69) is 5.32 Å². The molecular formula is C19H24FN3O4S. The maximum Gasteiger partial charge on any atom is 0.304 e. The highest BCUT2D eigenvalue weighted by Crippen LogP contribution is 2.21. The third-order valence-electron chi connectivity index (χ3n) is 3.63. The van der Waals surface area contributed by atoms with Gasteiger partial charge in [0.25, 0.3) is 0 Å². The van der Waals surface area contributed by atoms with Gasteiger partial charge in [0.1, 0.15) is 18.1 Å². The Morgan fingerprint density at radius 2 is 1.79 bits per heavy atom. The number of carbonyl (C=O) groups is 1. The van der Waals surface area contributed by atoms with E-state index < -0.39 is 28.5 Å². The number of nitrogens with one attached hydrogen (secondary N) is 1. The highest BCUT2D eigenvalue weighted by atomic mass is 32.2. The van der Waals surface area contributed by atoms with Crippen molar-refractivity contribution in [1.29, 1.82) is 0 Å². The number of benzene rings is 2. The molecule has 2 aromatic carbocycles. The van der Waals surface area contributed by atoms with Crippen LogP contribution in [-0.2, 0) is 15.0 Å². The minimum atomic E-state index is -3.96. The van der Waals surface area contributed by atoms with Crippen LogP contribution in [0.4, 0.5) is 15.8 Å². The number of nitrogens with zero attached hydrogens (tertiary/aromatic N) is 2. The van der Waals surface area contributed by atoms with Gasteiger partial charge in [0.2, 0.25) is 5.91 Å². The predicted octanol–water partition coefficient (Wildman–Crippen LogP) is 2.86. The third kappa shape index (κ3) is 5.67. The Labute approximate surface area is 164 Å². The molecule has 0 bridgehead atoms. The van der Waals surface area contributed by atoms with Crippen LogP contribution in [0.15, 0.2) is 48.5 Å². The zero-order valence-electron chi connectivity index (χ0n) is 16.2. The summed E-state index contributed by atoms with van der Waals surface area (Å²) >= 11 is 0. The van der Waals surface area contributed by atoms with E-state index >= 15 is 0 Å².